The van der Waals surface area contributed by atoms with Gasteiger partial charge >= 0.3 is 5.97 Å². The Hall–Kier alpha value is -4.23. The largest absolute Gasteiger partial charge is 0.495 e. The van der Waals surface area contributed by atoms with E-state index in [0.717, 1.165) is 35.6 Å². The number of carbonyl (C=O) groups excluding carboxylic acids is 2. The van der Waals surface area contributed by atoms with E-state index in [1.807, 2.05) is 0 Å². The molecule has 1 N–H and O–H groups in total. The van der Waals surface area contributed by atoms with Gasteiger partial charge in [0.2, 0.25) is 0 Å². The first-order valence-corrected chi connectivity index (χ1v) is 13.8. The zero-order valence-corrected chi connectivity index (χ0v) is 22.8. The molecule has 0 fully saturated rings. The van der Waals surface area contributed by atoms with Crippen molar-refractivity contribution in [2.45, 2.75) is 18.4 Å². The van der Waals surface area contributed by atoms with Crippen LogP contribution >= 0.6 is 11.3 Å². The number of hydrogen-bond acceptors (Lipinski definition) is 8. The summed E-state index contributed by atoms with van der Waals surface area (Å²) in [5, 5.41) is 0. The summed E-state index contributed by atoms with van der Waals surface area (Å²) in [5.41, 5.74) is 0.704. The van der Waals surface area contributed by atoms with E-state index < -0.39 is 27.7 Å². The van der Waals surface area contributed by atoms with Crippen molar-refractivity contribution in [3.8, 4) is 11.5 Å². The molecular formula is C26H24FN3O7S2. The maximum atomic E-state index is 13.2. The van der Waals surface area contributed by atoms with Crippen LogP contribution in [0.25, 0.3) is 10.2 Å². The average Bonchev–Trinajstić information content (AvgIpc) is 3.26. The third kappa shape index (κ3) is 6.10. The summed E-state index contributed by atoms with van der Waals surface area (Å²) in [7, 11) is -1.05. The number of fused-ring (bicyclic) bond motifs is 1. The number of nitrogens with one attached hydrogen (secondary N) is 1. The minimum atomic E-state index is -4.03. The molecule has 0 saturated heterocycles. The number of nitrogens with zero attached hydrogens (tertiary/aromatic N) is 2. The van der Waals surface area contributed by atoms with Gasteiger partial charge in [-0.25, -0.2) is 12.8 Å². The van der Waals surface area contributed by atoms with Crippen molar-refractivity contribution in [1.82, 2.24) is 4.57 Å². The van der Waals surface area contributed by atoms with E-state index in [1.54, 1.807) is 19.1 Å². The lowest BCUT2D eigenvalue weighted by Crippen LogP contribution is -2.23. The third-order valence-corrected chi connectivity index (χ3v) is 7.96. The molecular weight excluding hydrogens is 549 g/mol. The van der Waals surface area contributed by atoms with Gasteiger partial charge in [0.1, 0.15) is 34.1 Å². The minimum Gasteiger partial charge on any atom is -0.495 e. The Morgan fingerprint density at radius 3 is 2.38 bits per heavy atom. The maximum Gasteiger partial charge on any atom is 0.326 e. The fraction of sp³-hybridized carbons (Fsp3) is 0.192. The first-order valence-electron chi connectivity index (χ1n) is 11.5. The van der Waals surface area contributed by atoms with Crippen LogP contribution in [0.15, 0.2) is 70.6 Å². The second-order valence-electron chi connectivity index (χ2n) is 7.98. The minimum absolute atomic E-state index is 0.0911. The van der Waals surface area contributed by atoms with Crippen LogP contribution < -0.4 is 19.0 Å². The Balaban J connectivity index is 1.75. The molecule has 0 saturated carbocycles. The van der Waals surface area contributed by atoms with Crippen LogP contribution in [0.1, 0.15) is 17.3 Å². The van der Waals surface area contributed by atoms with Gasteiger partial charge in [-0.2, -0.15) is 4.99 Å². The number of esters is 1. The first-order chi connectivity index (χ1) is 18.7. The molecule has 10 nitrogen and oxygen atoms in total. The lowest BCUT2D eigenvalue weighted by atomic mass is 10.2. The standard InChI is InChI=1S/C26H24FN3O7S2/c1-4-37-22(31)15-30-23-20(35-2)12-13-21(36-3)24(23)38-26(30)28-25(32)16-6-5-7-18(14-16)29-39(33,34)19-10-8-17(27)9-11-19/h5-14,29H,4,15H2,1-3H3. The van der Waals surface area contributed by atoms with E-state index in [-0.39, 0.29) is 34.1 Å². The van der Waals surface area contributed by atoms with Crippen molar-refractivity contribution in [2.75, 3.05) is 25.5 Å². The van der Waals surface area contributed by atoms with E-state index in [4.69, 9.17) is 14.2 Å². The Labute approximate surface area is 227 Å². The van der Waals surface area contributed by atoms with E-state index >= 15 is 0 Å². The van der Waals surface area contributed by atoms with Crippen molar-refractivity contribution in [3.63, 3.8) is 0 Å². The molecule has 0 unspecified atom stereocenters. The fourth-order valence-corrected chi connectivity index (χ4v) is 5.90. The molecule has 0 bridgehead atoms. The summed E-state index contributed by atoms with van der Waals surface area (Å²) >= 11 is 1.12. The zero-order chi connectivity index (χ0) is 28.2. The van der Waals surface area contributed by atoms with Gasteiger partial charge in [-0.05, 0) is 61.5 Å². The predicted octanol–water partition coefficient (Wildman–Crippen LogP) is 3.96. The SMILES string of the molecule is CCOC(=O)Cn1c(=NC(=O)c2cccc(NS(=O)(=O)c3ccc(F)cc3)c2)sc2c(OC)ccc(OC)c21. The normalized spacial score (nSPS) is 11.8. The van der Waals surface area contributed by atoms with Crippen molar-refractivity contribution in [2.24, 2.45) is 4.99 Å². The van der Waals surface area contributed by atoms with Gasteiger partial charge in [0.25, 0.3) is 15.9 Å². The molecule has 13 heteroatoms. The van der Waals surface area contributed by atoms with E-state index in [9.17, 15) is 22.4 Å². The molecule has 3 aromatic carbocycles. The van der Waals surface area contributed by atoms with Crippen LogP contribution in [-0.2, 0) is 26.1 Å². The molecule has 0 aliphatic carbocycles. The topological polar surface area (TPSA) is 125 Å². The van der Waals surface area contributed by atoms with E-state index in [2.05, 4.69) is 9.71 Å². The molecule has 204 valence electrons. The zero-order valence-electron chi connectivity index (χ0n) is 21.1. The second kappa shape index (κ2) is 11.7. The number of ether oxygens (including phenoxy) is 3. The summed E-state index contributed by atoms with van der Waals surface area (Å²) in [4.78, 5) is 29.9. The lowest BCUT2D eigenvalue weighted by Gasteiger charge is -2.10. The molecule has 0 atom stereocenters. The van der Waals surface area contributed by atoms with E-state index in [1.165, 1.54) is 43.1 Å². The van der Waals surface area contributed by atoms with Crippen molar-refractivity contribution in [1.29, 1.82) is 0 Å². The number of sulfonamides is 1. The summed E-state index contributed by atoms with van der Waals surface area (Å²) in [6.45, 7) is 1.62. The number of halogens is 1. The summed E-state index contributed by atoms with van der Waals surface area (Å²) in [6, 6.07) is 13.5. The molecule has 1 amide bonds. The fourth-order valence-electron chi connectivity index (χ4n) is 3.72. The molecule has 0 aliphatic heterocycles. The molecule has 1 aromatic heterocycles. The van der Waals surface area contributed by atoms with Gasteiger partial charge in [-0.15, -0.1) is 0 Å². The highest BCUT2D eigenvalue weighted by Crippen LogP contribution is 2.35. The molecule has 0 aliphatic rings. The quantitative estimate of drug-likeness (QED) is 0.301. The molecule has 4 rings (SSSR count). The Bertz CT molecular complexity index is 1710. The van der Waals surface area contributed by atoms with Crippen molar-refractivity contribution in [3.05, 3.63) is 76.8 Å². The number of amides is 1. The monoisotopic (exact) mass is 573 g/mol. The van der Waals surface area contributed by atoms with Crippen LogP contribution in [0, 0.1) is 5.82 Å². The van der Waals surface area contributed by atoms with Gasteiger partial charge in [-0.3, -0.25) is 14.3 Å². The first kappa shape index (κ1) is 27.8. The van der Waals surface area contributed by atoms with Gasteiger partial charge in [0.05, 0.1) is 25.7 Å². The highest BCUT2D eigenvalue weighted by atomic mass is 32.2. The number of carbonyl (C=O) groups is 2. The number of rotatable bonds is 9. The number of anilines is 1. The summed E-state index contributed by atoms with van der Waals surface area (Å²) < 4.78 is 59.1. The maximum absolute atomic E-state index is 13.2. The van der Waals surface area contributed by atoms with E-state index in [0.29, 0.717) is 21.7 Å². The molecule has 1 heterocycles. The molecule has 0 spiro atoms. The number of hydrogen-bond donors (Lipinski definition) is 1. The summed E-state index contributed by atoms with van der Waals surface area (Å²) in [6.07, 6.45) is 0. The molecule has 0 radical (unpaired) electrons. The van der Waals surface area contributed by atoms with Crippen LogP contribution in [0.3, 0.4) is 0 Å². The Kier molecular flexibility index (Phi) is 8.31. The van der Waals surface area contributed by atoms with Crippen LogP contribution in [0.4, 0.5) is 10.1 Å². The predicted molar refractivity (Wildman–Crippen MR) is 143 cm³/mol. The van der Waals surface area contributed by atoms with Gasteiger partial charge in [0, 0.05) is 11.3 Å². The second-order valence-corrected chi connectivity index (χ2v) is 10.6. The number of benzene rings is 3. The van der Waals surface area contributed by atoms with Crippen LogP contribution in [0.2, 0.25) is 0 Å². The van der Waals surface area contributed by atoms with Crippen molar-refractivity contribution < 1.29 is 36.6 Å². The van der Waals surface area contributed by atoms with Gasteiger partial charge in [0.15, 0.2) is 4.80 Å². The molecule has 39 heavy (non-hydrogen) atoms. The smallest absolute Gasteiger partial charge is 0.326 e. The number of methoxy groups -OCH3 is 2. The number of aromatic nitrogens is 1. The summed E-state index contributed by atoms with van der Waals surface area (Å²) in [5.74, 6) is -0.843. The average molecular weight is 574 g/mol. The van der Waals surface area contributed by atoms with Gasteiger partial charge in [-0.1, -0.05) is 17.4 Å². The van der Waals surface area contributed by atoms with Crippen LogP contribution in [-0.4, -0.2) is 45.7 Å². The number of thiazole rings is 1. The molecule has 4 aromatic rings. The highest BCUT2D eigenvalue weighted by molar-refractivity contribution is 7.92. The van der Waals surface area contributed by atoms with Gasteiger partial charge < -0.3 is 18.8 Å². The highest BCUT2D eigenvalue weighted by Gasteiger charge is 2.20. The third-order valence-electron chi connectivity index (χ3n) is 5.47. The van der Waals surface area contributed by atoms with Crippen molar-refractivity contribution >= 4 is 49.1 Å². The lowest BCUT2D eigenvalue weighted by molar-refractivity contribution is -0.143. The Morgan fingerprint density at radius 2 is 1.72 bits per heavy atom. The Morgan fingerprint density at radius 1 is 1.03 bits per heavy atom. The van der Waals surface area contributed by atoms with Crippen LogP contribution in [0.5, 0.6) is 11.5 Å².